The van der Waals surface area contributed by atoms with E-state index in [1.165, 1.54) is 27.1 Å². The molecule has 0 unspecified atom stereocenters. The second-order valence-corrected chi connectivity index (χ2v) is 7.79. The van der Waals surface area contributed by atoms with Crippen LogP contribution in [0.25, 0.3) is 0 Å². The standard InChI is InChI=1S/C10H14OS.C9H12.C7H8O.2C2H6/c1-7-5-9(12-4)6-8(2)10(7)11-3;1-3-9-7-5-4-6-8(9)2;1-6-3-2-4-7(8)5-6;2*1-2/h5-6H,1-4H3;4-7H,3H2,1-2H3;2-5,8H,1H3;2*1-2H3. The Morgan fingerprint density at radius 1 is 0.758 bits per heavy atom. The van der Waals surface area contributed by atoms with Crippen molar-refractivity contribution in [2.45, 2.75) is 73.6 Å². The van der Waals surface area contributed by atoms with E-state index < -0.39 is 0 Å². The van der Waals surface area contributed by atoms with Gasteiger partial charge in [-0.2, -0.15) is 0 Å². The molecule has 2 nitrogen and oxygen atoms in total. The lowest BCUT2D eigenvalue weighted by molar-refractivity contribution is 0.408. The van der Waals surface area contributed by atoms with Gasteiger partial charge >= 0.3 is 0 Å². The Morgan fingerprint density at radius 3 is 1.64 bits per heavy atom. The molecule has 0 aromatic heterocycles. The van der Waals surface area contributed by atoms with Gasteiger partial charge in [0.25, 0.3) is 0 Å². The first-order chi connectivity index (χ1) is 15.8. The molecule has 33 heavy (non-hydrogen) atoms. The smallest absolute Gasteiger partial charge is 0.124 e. The average Bonchev–Trinajstić information content (AvgIpc) is 2.82. The second kappa shape index (κ2) is 20.2. The van der Waals surface area contributed by atoms with E-state index >= 15 is 0 Å². The highest BCUT2D eigenvalue weighted by Gasteiger charge is 2.03. The van der Waals surface area contributed by atoms with Gasteiger partial charge in [0.1, 0.15) is 11.5 Å². The minimum atomic E-state index is 0.338. The summed E-state index contributed by atoms with van der Waals surface area (Å²) in [7, 11) is 1.72. The van der Waals surface area contributed by atoms with E-state index in [0.717, 1.165) is 17.7 Å². The molecule has 0 atom stereocenters. The van der Waals surface area contributed by atoms with Crippen LogP contribution in [0.5, 0.6) is 11.5 Å². The number of phenolic OH excluding ortho intramolecular Hbond substituents is 1. The van der Waals surface area contributed by atoms with Gasteiger partial charge in [-0.05, 0) is 92.5 Å². The lowest BCUT2D eigenvalue weighted by Gasteiger charge is -2.09. The number of aryl methyl sites for hydroxylation is 5. The van der Waals surface area contributed by atoms with Crippen LogP contribution >= 0.6 is 11.8 Å². The number of phenols is 1. The summed E-state index contributed by atoms with van der Waals surface area (Å²) in [5.74, 6) is 1.35. The molecule has 0 aliphatic heterocycles. The quantitative estimate of drug-likeness (QED) is 0.387. The van der Waals surface area contributed by atoms with Crippen LogP contribution in [0.2, 0.25) is 0 Å². The van der Waals surface area contributed by atoms with Crippen LogP contribution in [0, 0.1) is 27.7 Å². The van der Waals surface area contributed by atoms with E-state index in [2.05, 4.69) is 70.3 Å². The van der Waals surface area contributed by atoms with Gasteiger partial charge in [0, 0.05) is 4.90 Å². The van der Waals surface area contributed by atoms with E-state index in [0.29, 0.717) is 5.75 Å². The Morgan fingerprint density at radius 2 is 1.30 bits per heavy atom. The van der Waals surface area contributed by atoms with Gasteiger partial charge in [-0.1, -0.05) is 71.0 Å². The average molecular weight is 471 g/mol. The zero-order chi connectivity index (χ0) is 25.8. The van der Waals surface area contributed by atoms with Crippen LogP contribution in [-0.4, -0.2) is 18.5 Å². The lowest BCUT2D eigenvalue weighted by atomic mass is 10.1. The highest BCUT2D eigenvalue weighted by molar-refractivity contribution is 7.98. The highest BCUT2D eigenvalue weighted by atomic mass is 32.2. The van der Waals surface area contributed by atoms with Crippen molar-refractivity contribution in [3.63, 3.8) is 0 Å². The zero-order valence-electron chi connectivity index (χ0n) is 22.7. The molecule has 0 spiro atoms. The predicted molar refractivity (Wildman–Crippen MR) is 150 cm³/mol. The Balaban J connectivity index is 0. The number of hydrogen-bond acceptors (Lipinski definition) is 3. The van der Waals surface area contributed by atoms with E-state index in [4.69, 9.17) is 9.84 Å². The van der Waals surface area contributed by atoms with Gasteiger partial charge in [0.05, 0.1) is 7.11 Å². The summed E-state index contributed by atoms with van der Waals surface area (Å²) in [4.78, 5) is 1.30. The molecular formula is C30H46O2S. The molecule has 0 radical (unpaired) electrons. The van der Waals surface area contributed by atoms with Crippen molar-refractivity contribution in [2.75, 3.05) is 13.4 Å². The molecule has 0 saturated carbocycles. The molecule has 3 heteroatoms. The normalized spacial score (nSPS) is 8.82. The Bertz CT molecular complexity index is 848. The summed E-state index contributed by atoms with van der Waals surface area (Å²) in [6, 6.07) is 19.9. The highest BCUT2D eigenvalue weighted by Crippen LogP contribution is 2.28. The maximum atomic E-state index is 8.81. The molecule has 0 bridgehead atoms. The fourth-order valence-corrected chi connectivity index (χ4v) is 3.57. The molecule has 184 valence electrons. The van der Waals surface area contributed by atoms with Crippen LogP contribution in [0.4, 0.5) is 0 Å². The minimum absolute atomic E-state index is 0.338. The van der Waals surface area contributed by atoms with Gasteiger partial charge in [-0.3, -0.25) is 0 Å². The number of thioether (sulfide) groups is 1. The molecule has 3 rings (SSSR count). The van der Waals surface area contributed by atoms with Crippen LogP contribution < -0.4 is 4.74 Å². The summed E-state index contributed by atoms with van der Waals surface area (Å²) in [5, 5.41) is 8.81. The molecule has 1 N–H and O–H groups in total. The first-order valence-corrected chi connectivity index (χ1v) is 13.0. The molecule has 0 saturated heterocycles. The van der Waals surface area contributed by atoms with Crippen molar-refractivity contribution < 1.29 is 9.84 Å². The van der Waals surface area contributed by atoms with Gasteiger partial charge in [0.15, 0.2) is 0 Å². The Kier molecular flexibility index (Phi) is 20.1. The molecule has 0 amide bonds. The van der Waals surface area contributed by atoms with Crippen LogP contribution in [0.3, 0.4) is 0 Å². The number of rotatable bonds is 3. The molecule has 0 aliphatic carbocycles. The van der Waals surface area contributed by atoms with Crippen molar-refractivity contribution in [2.24, 2.45) is 0 Å². The van der Waals surface area contributed by atoms with Gasteiger partial charge in [-0.25, -0.2) is 0 Å². The number of benzene rings is 3. The minimum Gasteiger partial charge on any atom is -0.508 e. The topological polar surface area (TPSA) is 29.5 Å². The first kappa shape index (κ1) is 32.8. The maximum Gasteiger partial charge on any atom is 0.124 e. The summed E-state index contributed by atoms with van der Waals surface area (Å²) >= 11 is 1.76. The zero-order valence-corrected chi connectivity index (χ0v) is 23.6. The van der Waals surface area contributed by atoms with Crippen molar-refractivity contribution >= 4 is 11.8 Å². The maximum absolute atomic E-state index is 8.81. The summed E-state index contributed by atoms with van der Waals surface area (Å²) in [6.07, 6.45) is 3.23. The summed E-state index contributed by atoms with van der Waals surface area (Å²) < 4.78 is 5.27. The fraction of sp³-hybridized carbons (Fsp3) is 0.400. The summed E-state index contributed by atoms with van der Waals surface area (Å²) in [6.45, 7) is 18.4. The summed E-state index contributed by atoms with van der Waals surface area (Å²) in [5.41, 5.74) is 6.37. The van der Waals surface area contributed by atoms with Crippen molar-refractivity contribution in [1.29, 1.82) is 0 Å². The van der Waals surface area contributed by atoms with Crippen molar-refractivity contribution in [1.82, 2.24) is 0 Å². The molecular weight excluding hydrogens is 424 g/mol. The SMILES string of the molecule is CC.CC.CCc1ccccc1C.COc1c(C)cc(SC)cc1C.Cc1cccc(O)c1. The molecule has 3 aromatic rings. The second-order valence-electron chi connectivity index (χ2n) is 6.91. The van der Waals surface area contributed by atoms with Crippen LogP contribution in [-0.2, 0) is 6.42 Å². The van der Waals surface area contributed by atoms with Crippen molar-refractivity contribution in [3.8, 4) is 11.5 Å². The van der Waals surface area contributed by atoms with E-state index in [1.54, 1.807) is 31.0 Å². The molecule has 0 aliphatic rings. The van der Waals surface area contributed by atoms with Gasteiger partial charge < -0.3 is 9.84 Å². The first-order valence-electron chi connectivity index (χ1n) is 11.8. The number of aromatic hydroxyl groups is 1. The number of hydrogen-bond donors (Lipinski definition) is 1. The molecule has 3 aromatic carbocycles. The Labute approximate surface area is 208 Å². The van der Waals surface area contributed by atoms with Gasteiger partial charge in [-0.15, -0.1) is 11.8 Å². The van der Waals surface area contributed by atoms with Crippen LogP contribution in [0.1, 0.15) is 62.4 Å². The number of methoxy groups -OCH3 is 1. The fourth-order valence-electron chi connectivity index (χ4n) is 2.99. The third-order valence-electron chi connectivity index (χ3n) is 4.52. The molecule has 0 fully saturated rings. The molecule has 0 heterocycles. The largest absolute Gasteiger partial charge is 0.508 e. The third kappa shape index (κ3) is 13.7. The van der Waals surface area contributed by atoms with Crippen molar-refractivity contribution in [3.05, 3.63) is 88.5 Å². The third-order valence-corrected chi connectivity index (χ3v) is 5.22. The Hall–Kier alpha value is -2.39. The lowest BCUT2D eigenvalue weighted by Crippen LogP contribution is -1.91. The van der Waals surface area contributed by atoms with Crippen LogP contribution in [0.15, 0.2) is 65.6 Å². The van der Waals surface area contributed by atoms with E-state index in [-0.39, 0.29) is 0 Å². The monoisotopic (exact) mass is 470 g/mol. The van der Waals surface area contributed by atoms with Gasteiger partial charge in [0.2, 0.25) is 0 Å². The predicted octanol–water partition coefficient (Wildman–Crippen LogP) is 9.34. The number of ether oxygens (including phenoxy) is 1. The van der Waals surface area contributed by atoms with E-state index in [9.17, 15) is 0 Å². The van der Waals surface area contributed by atoms with E-state index in [1.807, 2.05) is 46.8 Å².